The van der Waals surface area contributed by atoms with Crippen LogP contribution in [0.2, 0.25) is 0 Å². The van der Waals surface area contributed by atoms with Gasteiger partial charge in [0.25, 0.3) is 0 Å². The highest BCUT2D eigenvalue weighted by Crippen LogP contribution is 2.30. The molecule has 0 N–H and O–H groups in total. The molecule has 2 nitrogen and oxygen atoms in total. The van der Waals surface area contributed by atoms with Crippen molar-refractivity contribution in [3.05, 3.63) is 21.9 Å². The summed E-state index contributed by atoms with van der Waals surface area (Å²) in [6, 6.07) is 4.08. The lowest BCUT2D eigenvalue weighted by Gasteiger charge is -2.20. The second kappa shape index (κ2) is 6.48. The maximum Gasteiger partial charge on any atom is 0.186 e. The molecular formula is C15H23NOS. The van der Waals surface area contributed by atoms with E-state index in [2.05, 4.69) is 24.8 Å². The summed E-state index contributed by atoms with van der Waals surface area (Å²) in [4.78, 5) is 16.8. The summed E-state index contributed by atoms with van der Waals surface area (Å²) in [5, 5.41) is 0. The fraction of sp³-hybridized carbons (Fsp3) is 0.667. The van der Waals surface area contributed by atoms with Crippen molar-refractivity contribution in [2.75, 3.05) is 19.6 Å². The third-order valence-corrected chi connectivity index (χ3v) is 4.68. The Balaban J connectivity index is 1.90. The lowest BCUT2D eigenvalue weighted by atomic mass is 10.2. The van der Waals surface area contributed by atoms with Crippen LogP contribution in [-0.4, -0.2) is 30.3 Å². The van der Waals surface area contributed by atoms with Crippen LogP contribution in [0.25, 0.3) is 0 Å². The fourth-order valence-corrected chi connectivity index (χ4v) is 3.09. The molecule has 3 heteroatoms. The number of Topliss-reactive ketones (excluding diaryl/α,β-unsaturated/α-hetero) is 1. The van der Waals surface area contributed by atoms with Gasteiger partial charge in [-0.05, 0) is 50.3 Å². The first-order valence-electron chi connectivity index (χ1n) is 7.07. The molecule has 1 aliphatic carbocycles. The van der Waals surface area contributed by atoms with Crippen molar-refractivity contribution >= 4 is 17.1 Å². The molecule has 1 aliphatic rings. The second-order valence-corrected chi connectivity index (χ2v) is 6.39. The zero-order chi connectivity index (χ0) is 13.0. The maximum atomic E-state index is 12.2. The van der Waals surface area contributed by atoms with Gasteiger partial charge >= 0.3 is 0 Å². The van der Waals surface area contributed by atoms with Crippen LogP contribution in [0.1, 0.15) is 47.7 Å². The first-order chi connectivity index (χ1) is 8.72. The molecule has 18 heavy (non-hydrogen) atoms. The van der Waals surface area contributed by atoms with Gasteiger partial charge in [0.2, 0.25) is 0 Å². The molecule has 0 bridgehead atoms. The molecule has 0 atom stereocenters. The number of nitrogens with zero attached hydrogens (tertiary/aromatic N) is 1. The van der Waals surface area contributed by atoms with Gasteiger partial charge in [-0.2, -0.15) is 0 Å². The van der Waals surface area contributed by atoms with Crippen LogP contribution in [0.5, 0.6) is 0 Å². The predicted octanol–water partition coefficient (Wildman–Crippen LogP) is 3.62. The molecule has 1 heterocycles. The van der Waals surface area contributed by atoms with Gasteiger partial charge in [0.15, 0.2) is 5.78 Å². The second-order valence-electron chi connectivity index (χ2n) is 5.22. The van der Waals surface area contributed by atoms with Gasteiger partial charge in [0, 0.05) is 11.4 Å². The maximum absolute atomic E-state index is 12.2. The van der Waals surface area contributed by atoms with E-state index in [0.717, 1.165) is 36.7 Å². The molecule has 0 spiro atoms. The van der Waals surface area contributed by atoms with E-state index in [0.29, 0.717) is 12.3 Å². The molecule has 2 rings (SSSR count). The molecule has 100 valence electrons. The van der Waals surface area contributed by atoms with E-state index in [4.69, 9.17) is 0 Å². The normalized spacial score (nSPS) is 15.3. The Bertz CT molecular complexity index is 395. The van der Waals surface area contributed by atoms with E-state index >= 15 is 0 Å². The first kappa shape index (κ1) is 13.8. The van der Waals surface area contributed by atoms with Crippen molar-refractivity contribution in [1.29, 1.82) is 0 Å². The largest absolute Gasteiger partial charge is 0.296 e. The Morgan fingerprint density at radius 1 is 1.39 bits per heavy atom. The van der Waals surface area contributed by atoms with Crippen molar-refractivity contribution in [3.8, 4) is 0 Å². The molecular weight excluding hydrogens is 242 g/mol. The average molecular weight is 265 g/mol. The summed E-state index contributed by atoms with van der Waals surface area (Å²) in [5.41, 5.74) is 0. The Morgan fingerprint density at radius 3 is 2.72 bits per heavy atom. The SMILES string of the molecule is CCCN(CC(=O)c1ccc(CC)s1)CC1CC1. The fourth-order valence-electron chi connectivity index (χ4n) is 2.22. The minimum absolute atomic E-state index is 0.300. The monoisotopic (exact) mass is 265 g/mol. The van der Waals surface area contributed by atoms with E-state index in [9.17, 15) is 4.79 Å². The van der Waals surface area contributed by atoms with Crippen molar-refractivity contribution < 1.29 is 4.79 Å². The summed E-state index contributed by atoms with van der Waals surface area (Å²) in [7, 11) is 0. The highest BCUT2D eigenvalue weighted by molar-refractivity contribution is 7.14. The molecule has 1 saturated carbocycles. The van der Waals surface area contributed by atoms with Crippen LogP contribution in [0.15, 0.2) is 12.1 Å². The molecule has 1 aromatic rings. The van der Waals surface area contributed by atoms with Gasteiger partial charge in [0.1, 0.15) is 0 Å². The minimum atomic E-state index is 0.300. The van der Waals surface area contributed by atoms with Gasteiger partial charge in [0.05, 0.1) is 11.4 Å². The van der Waals surface area contributed by atoms with Gasteiger partial charge in [-0.3, -0.25) is 9.69 Å². The molecule has 0 aliphatic heterocycles. The zero-order valence-corrected chi connectivity index (χ0v) is 12.3. The van der Waals surface area contributed by atoms with Crippen LogP contribution < -0.4 is 0 Å². The quantitative estimate of drug-likeness (QED) is 0.669. The molecule has 0 aromatic carbocycles. The summed E-state index contributed by atoms with van der Waals surface area (Å²) in [6.45, 7) is 7.09. The number of thiophene rings is 1. The van der Waals surface area contributed by atoms with Crippen LogP contribution in [0.4, 0.5) is 0 Å². The van der Waals surface area contributed by atoms with E-state index in [1.165, 1.54) is 17.7 Å². The van der Waals surface area contributed by atoms with E-state index < -0.39 is 0 Å². The van der Waals surface area contributed by atoms with Crippen LogP contribution in [-0.2, 0) is 6.42 Å². The number of hydrogen-bond donors (Lipinski definition) is 0. The molecule has 1 fully saturated rings. The third kappa shape index (κ3) is 3.92. The zero-order valence-electron chi connectivity index (χ0n) is 11.4. The Morgan fingerprint density at radius 2 is 2.17 bits per heavy atom. The summed E-state index contributed by atoms with van der Waals surface area (Å²) < 4.78 is 0. The molecule has 0 unspecified atom stereocenters. The number of carbonyl (C=O) groups is 1. The third-order valence-electron chi connectivity index (χ3n) is 3.41. The molecule has 0 amide bonds. The number of aryl methyl sites for hydroxylation is 1. The summed E-state index contributed by atoms with van der Waals surface area (Å²) >= 11 is 1.66. The van der Waals surface area contributed by atoms with Crippen molar-refractivity contribution in [3.63, 3.8) is 0 Å². The lowest BCUT2D eigenvalue weighted by molar-refractivity contribution is 0.0931. The Hall–Kier alpha value is -0.670. The van der Waals surface area contributed by atoms with Crippen molar-refractivity contribution in [2.45, 2.75) is 39.5 Å². The van der Waals surface area contributed by atoms with E-state index in [1.807, 2.05) is 6.07 Å². The smallest absolute Gasteiger partial charge is 0.186 e. The van der Waals surface area contributed by atoms with Crippen LogP contribution in [0, 0.1) is 5.92 Å². The predicted molar refractivity (Wildman–Crippen MR) is 77.5 cm³/mol. The van der Waals surface area contributed by atoms with Gasteiger partial charge in [-0.1, -0.05) is 13.8 Å². The number of ketones is 1. The number of hydrogen-bond acceptors (Lipinski definition) is 3. The van der Waals surface area contributed by atoms with Gasteiger partial charge < -0.3 is 0 Å². The number of rotatable bonds is 8. The van der Waals surface area contributed by atoms with E-state index in [1.54, 1.807) is 11.3 Å². The van der Waals surface area contributed by atoms with Crippen LogP contribution >= 0.6 is 11.3 Å². The Kier molecular flexibility index (Phi) is 4.95. The van der Waals surface area contributed by atoms with Gasteiger partial charge in [-0.25, -0.2) is 0 Å². The van der Waals surface area contributed by atoms with E-state index in [-0.39, 0.29) is 0 Å². The molecule has 0 radical (unpaired) electrons. The lowest BCUT2D eigenvalue weighted by Crippen LogP contribution is -2.32. The first-order valence-corrected chi connectivity index (χ1v) is 7.88. The Labute approximate surface area is 114 Å². The van der Waals surface area contributed by atoms with Crippen molar-refractivity contribution in [2.24, 2.45) is 5.92 Å². The molecule has 1 aromatic heterocycles. The highest BCUT2D eigenvalue weighted by Gasteiger charge is 2.25. The summed E-state index contributed by atoms with van der Waals surface area (Å²) in [6.07, 6.45) is 4.87. The topological polar surface area (TPSA) is 20.3 Å². The van der Waals surface area contributed by atoms with Crippen LogP contribution in [0.3, 0.4) is 0 Å². The average Bonchev–Trinajstić information content (AvgIpc) is 3.03. The summed E-state index contributed by atoms with van der Waals surface area (Å²) in [5.74, 6) is 1.16. The van der Waals surface area contributed by atoms with Gasteiger partial charge in [-0.15, -0.1) is 11.3 Å². The highest BCUT2D eigenvalue weighted by atomic mass is 32.1. The standard InChI is InChI=1S/C15H23NOS/c1-3-9-16(10-12-5-6-12)11-14(17)15-8-7-13(4-2)18-15/h7-8,12H,3-6,9-11H2,1-2H3. The number of carbonyl (C=O) groups excluding carboxylic acids is 1. The molecule has 0 saturated heterocycles. The van der Waals surface area contributed by atoms with Crippen molar-refractivity contribution in [1.82, 2.24) is 4.90 Å². The minimum Gasteiger partial charge on any atom is -0.296 e.